The van der Waals surface area contributed by atoms with Gasteiger partial charge >= 0.3 is 0 Å². The fraction of sp³-hybridized carbons (Fsp3) is 0.364. The average Bonchev–Trinajstić information content (AvgIpc) is 2.01. The van der Waals surface area contributed by atoms with Crippen LogP contribution in [0.1, 0.15) is 29.5 Å². The van der Waals surface area contributed by atoms with Crippen molar-refractivity contribution in [2.24, 2.45) is 5.73 Å². The van der Waals surface area contributed by atoms with Crippen molar-refractivity contribution in [2.45, 2.75) is 26.7 Å². The molecule has 1 rings (SSSR count). The summed E-state index contributed by atoms with van der Waals surface area (Å²) in [5, 5.41) is 0. The molecule has 1 aromatic rings. The van der Waals surface area contributed by atoms with Crippen LogP contribution in [0.5, 0.6) is 0 Å². The predicted octanol–water partition coefficient (Wildman–Crippen LogP) is 1.89. The van der Waals surface area contributed by atoms with Crippen LogP contribution in [0.25, 0.3) is 0 Å². The second-order valence-electron chi connectivity index (χ2n) is 3.55. The van der Waals surface area contributed by atoms with E-state index in [1.165, 1.54) is 11.1 Å². The van der Waals surface area contributed by atoms with Gasteiger partial charge in [-0.1, -0.05) is 29.3 Å². The predicted molar refractivity (Wildman–Crippen MR) is 53.5 cm³/mol. The molecule has 2 nitrogen and oxygen atoms in total. The zero-order valence-corrected chi connectivity index (χ0v) is 8.29. The molecule has 0 aliphatic rings. The number of benzene rings is 1. The van der Waals surface area contributed by atoms with E-state index in [4.69, 9.17) is 5.73 Å². The summed E-state index contributed by atoms with van der Waals surface area (Å²) in [6.45, 7) is 5.87. The Morgan fingerprint density at radius 3 is 2.08 bits per heavy atom. The van der Waals surface area contributed by atoms with Crippen molar-refractivity contribution in [3.63, 3.8) is 0 Å². The molecular weight excluding hydrogens is 162 g/mol. The van der Waals surface area contributed by atoms with Crippen molar-refractivity contribution < 1.29 is 4.79 Å². The quantitative estimate of drug-likeness (QED) is 0.736. The van der Waals surface area contributed by atoms with Gasteiger partial charge in [-0.2, -0.15) is 0 Å². The lowest BCUT2D eigenvalue weighted by atomic mass is 9.97. The molecule has 1 atom stereocenters. The number of primary amides is 1. The van der Waals surface area contributed by atoms with Crippen molar-refractivity contribution in [3.05, 3.63) is 34.9 Å². The highest BCUT2D eigenvalue weighted by molar-refractivity contribution is 5.81. The molecule has 0 spiro atoms. The monoisotopic (exact) mass is 177 g/mol. The maximum atomic E-state index is 10.9. The van der Waals surface area contributed by atoms with E-state index >= 15 is 0 Å². The van der Waals surface area contributed by atoms with Gasteiger partial charge in [0.1, 0.15) is 0 Å². The van der Waals surface area contributed by atoms with Crippen LogP contribution in [-0.4, -0.2) is 5.91 Å². The second kappa shape index (κ2) is 3.60. The summed E-state index contributed by atoms with van der Waals surface area (Å²) in [6, 6.07) is 6.09. The van der Waals surface area contributed by atoms with Crippen LogP contribution in [0.4, 0.5) is 0 Å². The normalized spacial score (nSPS) is 12.5. The van der Waals surface area contributed by atoms with Gasteiger partial charge in [0.2, 0.25) is 5.91 Å². The number of hydrogen-bond donors (Lipinski definition) is 1. The molecule has 0 aromatic heterocycles. The average molecular weight is 177 g/mol. The van der Waals surface area contributed by atoms with E-state index in [1.54, 1.807) is 0 Å². The van der Waals surface area contributed by atoms with Crippen LogP contribution in [0.3, 0.4) is 0 Å². The van der Waals surface area contributed by atoms with E-state index < -0.39 is 0 Å². The zero-order chi connectivity index (χ0) is 10.0. The summed E-state index contributed by atoms with van der Waals surface area (Å²) in [5.41, 5.74) is 8.57. The molecule has 0 radical (unpaired) electrons. The minimum absolute atomic E-state index is 0.196. The topological polar surface area (TPSA) is 43.1 Å². The number of carbonyl (C=O) groups is 1. The van der Waals surface area contributed by atoms with Gasteiger partial charge in [0, 0.05) is 0 Å². The number of amides is 1. The highest BCUT2D eigenvalue weighted by Gasteiger charge is 2.11. The fourth-order valence-corrected chi connectivity index (χ4v) is 1.42. The first-order valence-electron chi connectivity index (χ1n) is 4.38. The molecule has 2 heteroatoms. The van der Waals surface area contributed by atoms with Gasteiger partial charge in [-0.3, -0.25) is 4.79 Å². The lowest BCUT2D eigenvalue weighted by Crippen LogP contribution is -2.18. The molecule has 0 bridgehead atoms. The molecule has 1 aromatic carbocycles. The summed E-state index contributed by atoms with van der Waals surface area (Å²) in [6.07, 6.45) is 0. The minimum Gasteiger partial charge on any atom is -0.369 e. The first-order chi connectivity index (χ1) is 6.00. The van der Waals surface area contributed by atoms with Gasteiger partial charge in [0.15, 0.2) is 0 Å². The van der Waals surface area contributed by atoms with Crippen molar-refractivity contribution in [1.82, 2.24) is 0 Å². The molecule has 70 valence electrons. The molecule has 0 saturated carbocycles. The Hall–Kier alpha value is -1.31. The van der Waals surface area contributed by atoms with Gasteiger partial charge in [-0.05, 0) is 26.3 Å². The Morgan fingerprint density at radius 2 is 1.69 bits per heavy atom. The first-order valence-corrected chi connectivity index (χ1v) is 4.38. The van der Waals surface area contributed by atoms with Crippen molar-refractivity contribution >= 4 is 5.91 Å². The number of aryl methyl sites for hydroxylation is 2. The summed E-state index contributed by atoms with van der Waals surface area (Å²) in [7, 11) is 0. The third-order valence-corrected chi connectivity index (χ3v) is 2.17. The van der Waals surface area contributed by atoms with E-state index in [2.05, 4.69) is 6.07 Å². The summed E-state index contributed by atoms with van der Waals surface area (Å²) in [4.78, 5) is 10.9. The van der Waals surface area contributed by atoms with E-state index in [0.29, 0.717) is 0 Å². The third kappa shape index (κ3) is 2.31. The number of nitrogens with two attached hydrogens (primary N) is 1. The number of rotatable bonds is 2. The fourth-order valence-electron chi connectivity index (χ4n) is 1.42. The lowest BCUT2D eigenvalue weighted by Gasteiger charge is -2.09. The highest BCUT2D eigenvalue weighted by Crippen LogP contribution is 2.17. The number of carbonyl (C=O) groups excluding carboxylic acids is 1. The molecule has 0 saturated heterocycles. The largest absolute Gasteiger partial charge is 0.369 e. The van der Waals surface area contributed by atoms with Crippen LogP contribution in [-0.2, 0) is 4.79 Å². The molecule has 0 aliphatic carbocycles. The van der Waals surface area contributed by atoms with Gasteiger partial charge in [0.25, 0.3) is 0 Å². The van der Waals surface area contributed by atoms with Crippen LogP contribution >= 0.6 is 0 Å². The van der Waals surface area contributed by atoms with E-state index in [-0.39, 0.29) is 11.8 Å². The van der Waals surface area contributed by atoms with Crippen LogP contribution in [0.2, 0.25) is 0 Å². The molecule has 1 amide bonds. The van der Waals surface area contributed by atoms with Crippen LogP contribution in [0.15, 0.2) is 18.2 Å². The molecule has 1 unspecified atom stereocenters. The zero-order valence-electron chi connectivity index (χ0n) is 8.29. The summed E-state index contributed by atoms with van der Waals surface area (Å²) in [5.74, 6) is -0.469. The first kappa shape index (κ1) is 9.78. The SMILES string of the molecule is Cc1cc(C)cc(C(C)C(N)=O)c1. The molecular formula is C11H15NO. The maximum absolute atomic E-state index is 10.9. The molecule has 0 aliphatic heterocycles. The molecule has 2 N–H and O–H groups in total. The highest BCUT2D eigenvalue weighted by atomic mass is 16.1. The smallest absolute Gasteiger partial charge is 0.224 e. The third-order valence-electron chi connectivity index (χ3n) is 2.17. The van der Waals surface area contributed by atoms with Gasteiger partial charge < -0.3 is 5.73 Å². The summed E-state index contributed by atoms with van der Waals surface area (Å²) < 4.78 is 0. The van der Waals surface area contributed by atoms with Crippen LogP contribution < -0.4 is 5.73 Å². The van der Waals surface area contributed by atoms with Gasteiger partial charge in [-0.25, -0.2) is 0 Å². The molecule has 13 heavy (non-hydrogen) atoms. The van der Waals surface area contributed by atoms with Crippen LogP contribution in [0, 0.1) is 13.8 Å². The van der Waals surface area contributed by atoms with Crippen molar-refractivity contribution in [1.29, 1.82) is 0 Å². The van der Waals surface area contributed by atoms with Crippen molar-refractivity contribution in [2.75, 3.05) is 0 Å². The lowest BCUT2D eigenvalue weighted by molar-refractivity contribution is -0.119. The van der Waals surface area contributed by atoms with E-state index in [0.717, 1.165) is 5.56 Å². The van der Waals surface area contributed by atoms with Gasteiger partial charge in [-0.15, -0.1) is 0 Å². The summed E-state index contributed by atoms with van der Waals surface area (Å²) >= 11 is 0. The van der Waals surface area contributed by atoms with Gasteiger partial charge in [0.05, 0.1) is 5.92 Å². The van der Waals surface area contributed by atoms with E-state index in [1.807, 2.05) is 32.9 Å². The minimum atomic E-state index is -0.273. The Bertz CT molecular complexity index is 311. The number of hydrogen-bond acceptors (Lipinski definition) is 1. The second-order valence-corrected chi connectivity index (χ2v) is 3.55. The maximum Gasteiger partial charge on any atom is 0.224 e. The van der Waals surface area contributed by atoms with Crippen molar-refractivity contribution in [3.8, 4) is 0 Å². The standard InChI is InChI=1S/C11H15NO/c1-7-4-8(2)6-10(5-7)9(3)11(12)13/h4-6,9H,1-3H3,(H2,12,13). The molecule has 0 fully saturated rings. The Morgan fingerprint density at radius 1 is 1.23 bits per heavy atom. The Kier molecular flexibility index (Phi) is 2.71. The van der Waals surface area contributed by atoms with E-state index in [9.17, 15) is 4.79 Å². The Labute approximate surface area is 78.8 Å². The Balaban J connectivity index is 3.07. The molecule has 0 heterocycles.